The summed E-state index contributed by atoms with van der Waals surface area (Å²) in [6.45, 7) is 2.99. The molecule has 0 amide bonds. The van der Waals surface area contributed by atoms with Gasteiger partial charge >= 0.3 is 0 Å². The van der Waals surface area contributed by atoms with Crippen LogP contribution in [-0.4, -0.2) is 4.98 Å². The number of rotatable bonds is 4. The fourth-order valence-corrected chi connectivity index (χ4v) is 2.71. The number of hydrogen-bond acceptors (Lipinski definition) is 2. The third kappa shape index (κ3) is 3.31. The Bertz CT molecular complexity index is 732. The lowest BCUT2D eigenvalue weighted by molar-refractivity contribution is 0.576. The van der Waals surface area contributed by atoms with Crippen LogP contribution in [0.5, 0.6) is 0 Å². The van der Waals surface area contributed by atoms with Crippen LogP contribution in [0.25, 0.3) is 10.9 Å². The second kappa shape index (κ2) is 6.37. The number of benzene rings is 2. The maximum atomic E-state index is 4.50. The summed E-state index contributed by atoms with van der Waals surface area (Å²) in [5.41, 5.74) is 3.60. The zero-order chi connectivity index (χ0) is 14.7. The molecule has 0 unspecified atom stereocenters. The Labute approximate surface area is 133 Å². The number of para-hydroxylation sites is 1. The molecule has 3 aromatic rings. The van der Waals surface area contributed by atoms with Crippen molar-refractivity contribution >= 4 is 26.8 Å². The third-order valence-corrected chi connectivity index (χ3v) is 4.21. The second-order valence-corrected chi connectivity index (χ2v) is 6.06. The Morgan fingerprint density at radius 2 is 1.81 bits per heavy atom. The average molecular weight is 341 g/mol. The molecule has 2 aromatic carbocycles. The number of hydrogen-bond donors (Lipinski definition) is 1. The molecule has 0 aliphatic rings. The van der Waals surface area contributed by atoms with Crippen molar-refractivity contribution in [3.05, 3.63) is 76.4 Å². The van der Waals surface area contributed by atoms with Crippen molar-refractivity contribution in [3.63, 3.8) is 0 Å². The highest BCUT2D eigenvalue weighted by Gasteiger charge is 2.06. The van der Waals surface area contributed by atoms with Gasteiger partial charge in [-0.15, -0.1) is 0 Å². The number of aromatic nitrogens is 1. The maximum Gasteiger partial charge on any atom is 0.0746 e. The van der Waals surface area contributed by atoms with Crippen molar-refractivity contribution in [1.82, 2.24) is 10.3 Å². The van der Waals surface area contributed by atoms with E-state index in [0.717, 1.165) is 16.5 Å². The molecule has 1 atom stereocenters. The highest BCUT2D eigenvalue weighted by atomic mass is 79.9. The van der Waals surface area contributed by atoms with Crippen LogP contribution in [0.3, 0.4) is 0 Å². The fourth-order valence-electron chi connectivity index (χ4n) is 2.44. The summed E-state index contributed by atoms with van der Waals surface area (Å²) in [6, 6.07) is 19.1. The van der Waals surface area contributed by atoms with E-state index >= 15 is 0 Å². The minimum atomic E-state index is 0.303. The summed E-state index contributed by atoms with van der Waals surface area (Å²) in [5.74, 6) is 0. The van der Waals surface area contributed by atoms with Gasteiger partial charge in [-0.25, -0.2) is 0 Å². The van der Waals surface area contributed by atoms with Gasteiger partial charge in [-0.2, -0.15) is 0 Å². The van der Waals surface area contributed by atoms with Gasteiger partial charge in [-0.3, -0.25) is 4.98 Å². The summed E-state index contributed by atoms with van der Waals surface area (Å²) < 4.78 is 1.11. The van der Waals surface area contributed by atoms with Crippen LogP contribution < -0.4 is 5.32 Å². The first-order valence-corrected chi connectivity index (χ1v) is 7.85. The molecule has 2 nitrogen and oxygen atoms in total. The van der Waals surface area contributed by atoms with Crippen molar-refractivity contribution in [1.29, 1.82) is 0 Å². The van der Waals surface area contributed by atoms with E-state index < -0.39 is 0 Å². The zero-order valence-corrected chi connectivity index (χ0v) is 13.5. The molecular weight excluding hydrogens is 324 g/mol. The highest BCUT2D eigenvalue weighted by molar-refractivity contribution is 9.10. The van der Waals surface area contributed by atoms with Gasteiger partial charge in [-0.05, 0) is 36.2 Å². The van der Waals surface area contributed by atoms with E-state index in [9.17, 15) is 0 Å². The molecule has 106 valence electrons. The van der Waals surface area contributed by atoms with E-state index in [1.54, 1.807) is 0 Å². The van der Waals surface area contributed by atoms with Crippen LogP contribution >= 0.6 is 15.9 Å². The van der Waals surface area contributed by atoms with Gasteiger partial charge in [-0.1, -0.05) is 52.3 Å². The Kier molecular flexibility index (Phi) is 4.32. The lowest BCUT2D eigenvalue weighted by Crippen LogP contribution is -2.18. The number of nitrogens with zero attached hydrogens (tertiary/aromatic N) is 1. The van der Waals surface area contributed by atoms with Gasteiger partial charge in [0.05, 0.1) is 5.52 Å². The smallest absolute Gasteiger partial charge is 0.0746 e. The van der Waals surface area contributed by atoms with E-state index in [1.165, 1.54) is 16.5 Å². The summed E-state index contributed by atoms with van der Waals surface area (Å²) in [4.78, 5) is 4.50. The van der Waals surface area contributed by atoms with Gasteiger partial charge in [0.25, 0.3) is 0 Å². The monoisotopic (exact) mass is 340 g/mol. The lowest BCUT2D eigenvalue weighted by Gasteiger charge is -2.15. The fraction of sp³-hybridized carbons (Fsp3) is 0.167. The number of pyridine rings is 1. The van der Waals surface area contributed by atoms with Crippen LogP contribution in [0.15, 0.2) is 65.3 Å². The van der Waals surface area contributed by atoms with Crippen LogP contribution in [0, 0.1) is 0 Å². The molecule has 21 heavy (non-hydrogen) atoms. The largest absolute Gasteiger partial charge is 0.306 e. The van der Waals surface area contributed by atoms with Gasteiger partial charge in [0.15, 0.2) is 0 Å². The van der Waals surface area contributed by atoms with Crippen LogP contribution in [-0.2, 0) is 6.54 Å². The van der Waals surface area contributed by atoms with Crippen molar-refractivity contribution in [2.75, 3.05) is 0 Å². The number of halogens is 1. The molecule has 0 saturated carbocycles. The first-order valence-electron chi connectivity index (χ1n) is 7.05. The average Bonchev–Trinajstić information content (AvgIpc) is 2.53. The molecule has 3 rings (SSSR count). The second-order valence-electron chi connectivity index (χ2n) is 5.15. The Morgan fingerprint density at radius 1 is 1.05 bits per heavy atom. The Morgan fingerprint density at radius 3 is 2.62 bits per heavy atom. The molecule has 0 aliphatic carbocycles. The van der Waals surface area contributed by atoms with Gasteiger partial charge in [0, 0.05) is 28.6 Å². The predicted octanol–water partition coefficient (Wildman–Crippen LogP) is 4.85. The molecule has 3 heteroatoms. The zero-order valence-electron chi connectivity index (χ0n) is 11.9. The van der Waals surface area contributed by atoms with Crippen LogP contribution in [0.1, 0.15) is 24.1 Å². The molecule has 0 bridgehead atoms. The summed E-state index contributed by atoms with van der Waals surface area (Å²) in [7, 11) is 0. The standard InChI is InChI=1S/C18H17BrN2/c1-13(14-7-9-17(19)10-8-14)21-12-16-5-2-4-15-6-3-11-20-18(15)16/h2-11,13,21H,12H2,1H3/t13-/m1/s1. The maximum absolute atomic E-state index is 4.50. The van der Waals surface area contributed by atoms with E-state index in [1.807, 2.05) is 12.3 Å². The van der Waals surface area contributed by atoms with Crippen molar-refractivity contribution in [2.45, 2.75) is 19.5 Å². The summed E-state index contributed by atoms with van der Waals surface area (Å²) in [5, 5.41) is 4.76. The molecule has 0 spiro atoms. The summed E-state index contributed by atoms with van der Waals surface area (Å²) in [6.07, 6.45) is 1.85. The van der Waals surface area contributed by atoms with Crippen LogP contribution in [0.2, 0.25) is 0 Å². The molecule has 1 heterocycles. The number of nitrogens with one attached hydrogen (secondary N) is 1. The molecule has 0 fully saturated rings. The van der Waals surface area contributed by atoms with Crippen molar-refractivity contribution in [3.8, 4) is 0 Å². The first-order chi connectivity index (χ1) is 10.2. The quantitative estimate of drug-likeness (QED) is 0.734. The molecule has 0 radical (unpaired) electrons. The van der Waals surface area contributed by atoms with Crippen LogP contribution in [0.4, 0.5) is 0 Å². The lowest BCUT2D eigenvalue weighted by atomic mass is 10.1. The topological polar surface area (TPSA) is 24.9 Å². The SMILES string of the molecule is C[C@@H](NCc1cccc2cccnc12)c1ccc(Br)cc1. The highest BCUT2D eigenvalue weighted by Crippen LogP contribution is 2.19. The molecule has 0 aliphatic heterocycles. The van der Waals surface area contributed by atoms with E-state index in [2.05, 4.69) is 81.7 Å². The Balaban J connectivity index is 1.76. The van der Waals surface area contributed by atoms with E-state index in [4.69, 9.17) is 0 Å². The van der Waals surface area contributed by atoms with Gasteiger partial charge in [0.2, 0.25) is 0 Å². The summed E-state index contributed by atoms with van der Waals surface area (Å²) >= 11 is 3.47. The Hall–Kier alpha value is -1.71. The molecule has 1 N–H and O–H groups in total. The minimum Gasteiger partial charge on any atom is -0.306 e. The third-order valence-electron chi connectivity index (χ3n) is 3.68. The number of fused-ring (bicyclic) bond motifs is 1. The van der Waals surface area contributed by atoms with Crippen molar-refractivity contribution < 1.29 is 0 Å². The van der Waals surface area contributed by atoms with E-state index in [-0.39, 0.29) is 0 Å². The molecule has 0 saturated heterocycles. The first kappa shape index (κ1) is 14.2. The normalized spacial score (nSPS) is 12.5. The minimum absolute atomic E-state index is 0.303. The molecule has 1 aromatic heterocycles. The van der Waals surface area contributed by atoms with E-state index in [0.29, 0.717) is 6.04 Å². The molecular formula is C18H17BrN2. The predicted molar refractivity (Wildman–Crippen MR) is 91.1 cm³/mol. The van der Waals surface area contributed by atoms with Gasteiger partial charge < -0.3 is 5.32 Å². The van der Waals surface area contributed by atoms with Crippen molar-refractivity contribution in [2.24, 2.45) is 0 Å². The van der Waals surface area contributed by atoms with Gasteiger partial charge in [0.1, 0.15) is 0 Å².